The zero-order valence-electron chi connectivity index (χ0n) is 29.6. The van der Waals surface area contributed by atoms with Crippen LogP contribution in [0.4, 0.5) is 0 Å². The van der Waals surface area contributed by atoms with Crippen molar-refractivity contribution in [2.24, 2.45) is 0 Å². The van der Waals surface area contributed by atoms with E-state index in [1.165, 1.54) is 0 Å². The molecule has 272 valence electrons. The smallest absolute Gasteiger partial charge is 0.255 e. The van der Waals surface area contributed by atoms with Gasteiger partial charge in [0.2, 0.25) is 17.7 Å². The van der Waals surface area contributed by atoms with E-state index in [0.29, 0.717) is 63.1 Å². The van der Waals surface area contributed by atoms with Crippen LogP contribution in [0.3, 0.4) is 0 Å². The summed E-state index contributed by atoms with van der Waals surface area (Å²) in [7, 11) is 1.60. The van der Waals surface area contributed by atoms with Crippen LogP contribution in [0.5, 0.6) is 17.2 Å². The molecule has 2 heterocycles. The summed E-state index contributed by atoms with van der Waals surface area (Å²) >= 11 is 0. The summed E-state index contributed by atoms with van der Waals surface area (Å²) in [6.07, 6.45) is 1.63. The van der Waals surface area contributed by atoms with Gasteiger partial charge in [0.15, 0.2) is 11.5 Å². The third kappa shape index (κ3) is 10.5. The Labute approximate surface area is 300 Å². The molecule has 4 amide bonds. The molecule has 0 saturated carbocycles. The minimum absolute atomic E-state index is 0.155. The second-order valence-corrected chi connectivity index (χ2v) is 12.7. The molecule has 2 N–H and O–H groups in total. The van der Waals surface area contributed by atoms with Gasteiger partial charge in [0.25, 0.3) is 5.91 Å². The van der Waals surface area contributed by atoms with E-state index in [1.807, 2.05) is 54.6 Å². The highest BCUT2D eigenvalue weighted by atomic mass is 16.5. The Morgan fingerprint density at radius 2 is 1.55 bits per heavy atom. The third-order valence-electron chi connectivity index (χ3n) is 9.17. The highest BCUT2D eigenvalue weighted by Gasteiger charge is 2.34. The number of ether oxygens (including phenoxy) is 3. The molecule has 0 radical (unpaired) electrons. The molecule has 0 spiro atoms. The van der Waals surface area contributed by atoms with Gasteiger partial charge in [-0.2, -0.15) is 0 Å². The van der Waals surface area contributed by atoms with Gasteiger partial charge in [-0.15, -0.1) is 0 Å². The van der Waals surface area contributed by atoms with Gasteiger partial charge in [-0.3, -0.25) is 24.1 Å². The number of hydrogen-bond donors (Lipinski definition) is 2. The number of carbonyl (C=O) groups excluding carboxylic acids is 4. The van der Waals surface area contributed by atoms with Crippen molar-refractivity contribution in [3.63, 3.8) is 0 Å². The lowest BCUT2D eigenvalue weighted by Crippen LogP contribution is -2.57. The second-order valence-electron chi connectivity index (χ2n) is 12.7. The molecule has 0 bridgehead atoms. The molecule has 1 fully saturated rings. The summed E-state index contributed by atoms with van der Waals surface area (Å²) in [5, 5.41) is 5.75. The minimum atomic E-state index is -1.16. The van der Waals surface area contributed by atoms with Crippen LogP contribution < -0.4 is 24.8 Å². The minimum Gasteiger partial charge on any atom is -0.493 e. The summed E-state index contributed by atoms with van der Waals surface area (Å²) in [6, 6.07) is 21.8. The van der Waals surface area contributed by atoms with Crippen LogP contribution in [-0.2, 0) is 20.8 Å². The fourth-order valence-electron chi connectivity index (χ4n) is 6.31. The number of nitrogens with one attached hydrogen (secondary N) is 2. The van der Waals surface area contributed by atoms with Crippen LogP contribution in [0.1, 0.15) is 42.1 Å². The van der Waals surface area contributed by atoms with Gasteiger partial charge in [0.05, 0.1) is 25.6 Å². The summed E-state index contributed by atoms with van der Waals surface area (Å²) in [5.74, 6) is 0.103. The summed E-state index contributed by atoms with van der Waals surface area (Å²) in [4.78, 5) is 61.1. The lowest BCUT2D eigenvalue weighted by atomic mass is 10.0. The number of hydrogen-bond acceptors (Lipinski definition) is 8. The molecule has 2 aliphatic rings. The number of unbranched alkanes of at least 4 members (excludes halogenated alkanes) is 1. The molecule has 12 nitrogen and oxygen atoms in total. The van der Waals surface area contributed by atoms with E-state index in [1.54, 1.807) is 41.2 Å². The van der Waals surface area contributed by atoms with Crippen molar-refractivity contribution >= 4 is 23.6 Å². The monoisotopic (exact) mass is 699 g/mol. The van der Waals surface area contributed by atoms with Crippen LogP contribution in [0, 0.1) is 0 Å². The van der Waals surface area contributed by atoms with E-state index in [4.69, 9.17) is 14.2 Å². The van der Waals surface area contributed by atoms with E-state index < -0.39 is 23.9 Å². The van der Waals surface area contributed by atoms with Crippen molar-refractivity contribution in [1.29, 1.82) is 0 Å². The standard InChI is InChI=1S/C39H49N5O7/c1-3-4-18-43-24-26-50-33-15-9-8-14-30(33)37(46)41-32(28-36(45)40-31(38(43)47)27-29-12-6-5-7-13-29)39(48)44-21-19-42(20-22-44)23-25-51-35-17-11-10-16-34(35)49-2/h5-17,31-32H,3-4,18-28H2,1-2H3,(H,40,45)(H,41,46)/t31-,32-/m0/s1. The quantitative estimate of drug-likeness (QED) is 0.313. The Kier molecular flexibility index (Phi) is 13.7. The fourth-order valence-corrected chi connectivity index (χ4v) is 6.31. The zero-order valence-corrected chi connectivity index (χ0v) is 29.6. The molecule has 3 aromatic carbocycles. The Balaban J connectivity index is 1.31. The number of methoxy groups -OCH3 is 1. The summed E-state index contributed by atoms with van der Waals surface area (Å²) < 4.78 is 17.4. The highest BCUT2D eigenvalue weighted by molar-refractivity contribution is 6.01. The van der Waals surface area contributed by atoms with E-state index >= 15 is 0 Å². The number of piperazine rings is 1. The van der Waals surface area contributed by atoms with Crippen LogP contribution in [0.15, 0.2) is 78.9 Å². The van der Waals surface area contributed by atoms with Gasteiger partial charge in [-0.05, 0) is 36.2 Å². The number of carbonyl (C=O) groups is 4. The number of benzene rings is 3. The van der Waals surface area contributed by atoms with E-state index in [0.717, 1.165) is 18.4 Å². The van der Waals surface area contributed by atoms with Gasteiger partial charge in [0, 0.05) is 45.7 Å². The first-order valence-electron chi connectivity index (χ1n) is 17.8. The first-order valence-corrected chi connectivity index (χ1v) is 17.8. The summed E-state index contributed by atoms with van der Waals surface area (Å²) in [5.41, 5.74) is 1.14. The van der Waals surface area contributed by atoms with Gasteiger partial charge < -0.3 is 34.6 Å². The molecular weight excluding hydrogens is 650 g/mol. The van der Waals surface area contributed by atoms with Crippen LogP contribution in [0.2, 0.25) is 0 Å². The molecule has 1 saturated heterocycles. The molecular formula is C39H49N5O7. The first kappa shape index (κ1) is 37.2. The molecule has 2 atom stereocenters. The van der Waals surface area contributed by atoms with Gasteiger partial charge in [-0.25, -0.2) is 0 Å². The second kappa shape index (κ2) is 18.8. The van der Waals surface area contributed by atoms with E-state index in [2.05, 4.69) is 22.5 Å². The van der Waals surface area contributed by atoms with Gasteiger partial charge >= 0.3 is 0 Å². The predicted molar refractivity (Wildman–Crippen MR) is 193 cm³/mol. The van der Waals surface area contributed by atoms with Crippen molar-refractivity contribution in [3.8, 4) is 17.2 Å². The molecule has 0 aliphatic carbocycles. The Hall–Kier alpha value is -5.10. The largest absolute Gasteiger partial charge is 0.493 e. The van der Waals surface area contributed by atoms with Crippen molar-refractivity contribution in [2.75, 3.05) is 66.1 Å². The maximum Gasteiger partial charge on any atom is 0.255 e. The zero-order chi connectivity index (χ0) is 36.0. The average molecular weight is 700 g/mol. The lowest BCUT2D eigenvalue weighted by molar-refractivity contribution is -0.139. The third-order valence-corrected chi connectivity index (χ3v) is 9.17. The predicted octanol–water partition coefficient (Wildman–Crippen LogP) is 3.16. The number of para-hydroxylation sites is 3. The molecule has 0 unspecified atom stereocenters. The molecule has 12 heteroatoms. The SMILES string of the molecule is CCCCN1CCOc2ccccc2C(=O)N[C@H](C(=O)N2CCN(CCOc3ccccc3OC)CC2)CC(=O)N[C@@H](Cc2ccccc2)C1=O. The van der Waals surface area contributed by atoms with Crippen molar-refractivity contribution in [3.05, 3.63) is 90.0 Å². The Morgan fingerprint density at radius 1 is 0.843 bits per heavy atom. The average Bonchev–Trinajstić information content (AvgIpc) is 3.15. The van der Waals surface area contributed by atoms with E-state index in [-0.39, 0.29) is 43.4 Å². The van der Waals surface area contributed by atoms with Gasteiger partial charge in [0.1, 0.15) is 31.0 Å². The molecule has 2 aliphatic heterocycles. The number of rotatable bonds is 11. The first-order chi connectivity index (χ1) is 24.9. The molecule has 51 heavy (non-hydrogen) atoms. The van der Waals surface area contributed by atoms with Crippen molar-refractivity contribution in [1.82, 2.24) is 25.3 Å². The van der Waals surface area contributed by atoms with E-state index in [9.17, 15) is 19.2 Å². The topological polar surface area (TPSA) is 130 Å². The normalized spacial score (nSPS) is 19.2. The van der Waals surface area contributed by atoms with Crippen molar-refractivity contribution < 1.29 is 33.4 Å². The fraction of sp³-hybridized carbons (Fsp3) is 0.436. The molecule has 0 aromatic heterocycles. The highest BCUT2D eigenvalue weighted by Crippen LogP contribution is 2.25. The van der Waals surface area contributed by atoms with Crippen molar-refractivity contribution in [2.45, 2.75) is 44.7 Å². The summed E-state index contributed by atoms with van der Waals surface area (Å²) in [6.45, 7) is 6.15. The molecule has 3 aromatic rings. The maximum absolute atomic E-state index is 14.0. The maximum atomic E-state index is 14.0. The van der Waals surface area contributed by atoms with Crippen LogP contribution >= 0.6 is 0 Å². The van der Waals surface area contributed by atoms with Crippen LogP contribution in [-0.4, -0.2) is 117 Å². The Morgan fingerprint density at radius 3 is 2.29 bits per heavy atom. The lowest BCUT2D eigenvalue weighted by Gasteiger charge is -2.36. The number of amides is 4. The molecule has 5 rings (SSSR count). The number of fused-ring (bicyclic) bond motifs is 1. The Bertz CT molecular complexity index is 1610. The van der Waals surface area contributed by atoms with Crippen LogP contribution in [0.25, 0.3) is 0 Å². The van der Waals surface area contributed by atoms with Gasteiger partial charge in [-0.1, -0.05) is 67.9 Å². The number of nitrogens with zero attached hydrogens (tertiary/aromatic N) is 3.